The van der Waals surface area contributed by atoms with E-state index in [4.69, 9.17) is 4.74 Å². The lowest BCUT2D eigenvalue weighted by Gasteiger charge is -2.39. The molecule has 4 nitrogen and oxygen atoms in total. The lowest BCUT2D eigenvalue weighted by Crippen LogP contribution is -2.43. The lowest BCUT2D eigenvalue weighted by molar-refractivity contribution is 0.0592. The zero-order valence-corrected chi connectivity index (χ0v) is 15.4. The Labute approximate surface area is 148 Å². The van der Waals surface area contributed by atoms with Crippen molar-refractivity contribution in [2.24, 2.45) is 11.3 Å². The third-order valence-electron chi connectivity index (χ3n) is 6.08. The molecule has 1 amide bonds. The predicted octanol–water partition coefficient (Wildman–Crippen LogP) is 3.10. The Morgan fingerprint density at radius 1 is 1.33 bits per heavy atom. The summed E-state index contributed by atoms with van der Waals surface area (Å²) in [4.78, 5) is 17.9. The molecule has 1 spiro atoms. The van der Waals surface area contributed by atoms with Gasteiger partial charge in [-0.25, -0.2) is 0 Å². The predicted molar refractivity (Wildman–Crippen MR) is 96.5 cm³/mol. The number of hydrogen-bond donors (Lipinski definition) is 0. The standard InChI is InChI=1S/C19H28N2O2S/c1-20-14-19(11-16(20)13-23-12-15-4-5-15)6-8-21(9-7-19)18(22)17-3-2-10-24-17/h2-3,10,15-16H,4-9,11-14H2,1H3/t16-/m0/s1. The smallest absolute Gasteiger partial charge is 0.263 e. The Balaban J connectivity index is 1.29. The van der Waals surface area contributed by atoms with Gasteiger partial charge in [-0.2, -0.15) is 0 Å². The van der Waals surface area contributed by atoms with E-state index in [1.807, 2.05) is 22.4 Å². The maximum atomic E-state index is 12.5. The molecule has 0 unspecified atom stereocenters. The second-order valence-electron chi connectivity index (χ2n) is 8.02. The Morgan fingerprint density at radius 3 is 2.79 bits per heavy atom. The summed E-state index contributed by atoms with van der Waals surface area (Å²) in [5.74, 6) is 1.06. The van der Waals surface area contributed by atoms with Gasteiger partial charge in [0.1, 0.15) is 0 Å². The van der Waals surface area contributed by atoms with Crippen molar-refractivity contribution in [2.45, 2.75) is 38.1 Å². The largest absolute Gasteiger partial charge is 0.380 e. The van der Waals surface area contributed by atoms with Crippen LogP contribution in [-0.4, -0.2) is 61.6 Å². The summed E-state index contributed by atoms with van der Waals surface area (Å²) < 4.78 is 5.95. The van der Waals surface area contributed by atoms with Gasteiger partial charge < -0.3 is 14.5 Å². The molecule has 1 saturated carbocycles. The molecule has 0 N–H and O–H groups in total. The summed E-state index contributed by atoms with van der Waals surface area (Å²) in [6, 6.07) is 4.46. The molecule has 4 rings (SSSR count). The third-order valence-corrected chi connectivity index (χ3v) is 6.94. The van der Waals surface area contributed by atoms with Gasteiger partial charge in [0.15, 0.2) is 0 Å². The van der Waals surface area contributed by atoms with Crippen LogP contribution in [0.15, 0.2) is 17.5 Å². The first-order valence-electron chi connectivity index (χ1n) is 9.26. The minimum Gasteiger partial charge on any atom is -0.380 e. The highest BCUT2D eigenvalue weighted by molar-refractivity contribution is 7.12. The van der Waals surface area contributed by atoms with Crippen LogP contribution in [0.3, 0.4) is 0 Å². The maximum absolute atomic E-state index is 12.5. The topological polar surface area (TPSA) is 32.8 Å². The van der Waals surface area contributed by atoms with Crippen molar-refractivity contribution in [3.63, 3.8) is 0 Å². The first-order chi connectivity index (χ1) is 11.7. The summed E-state index contributed by atoms with van der Waals surface area (Å²) in [6.45, 7) is 4.80. The normalized spacial score (nSPS) is 27.0. The molecule has 24 heavy (non-hydrogen) atoms. The molecule has 5 heteroatoms. The summed E-state index contributed by atoms with van der Waals surface area (Å²) in [6.07, 6.45) is 6.22. The number of hydrogen-bond acceptors (Lipinski definition) is 4. The van der Waals surface area contributed by atoms with Gasteiger partial charge in [-0.3, -0.25) is 4.79 Å². The number of likely N-dealkylation sites (tertiary alicyclic amines) is 2. The first kappa shape index (κ1) is 16.6. The number of carbonyl (C=O) groups is 1. The second-order valence-corrected chi connectivity index (χ2v) is 8.97. The summed E-state index contributed by atoms with van der Waals surface area (Å²) in [7, 11) is 2.24. The number of rotatable bonds is 5. The first-order valence-corrected chi connectivity index (χ1v) is 10.1. The number of piperidine rings is 1. The number of nitrogens with zero attached hydrogens (tertiary/aromatic N) is 2. The van der Waals surface area contributed by atoms with Crippen LogP contribution in [0.1, 0.15) is 41.8 Å². The average Bonchev–Trinajstić information content (AvgIpc) is 3.14. The van der Waals surface area contributed by atoms with E-state index in [1.165, 1.54) is 19.3 Å². The zero-order valence-electron chi connectivity index (χ0n) is 14.6. The minimum absolute atomic E-state index is 0.218. The van der Waals surface area contributed by atoms with Crippen molar-refractivity contribution in [1.29, 1.82) is 0 Å². The van der Waals surface area contributed by atoms with Gasteiger partial charge in [-0.05, 0) is 61.9 Å². The van der Waals surface area contributed by atoms with E-state index in [2.05, 4.69) is 11.9 Å². The van der Waals surface area contributed by atoms with Crippen LogP contribution in [0.25, 0.3) is 0 Å². The van der Waals surface area contributed by atoms with Gasteiger partial charge in [-0.1, -0.05) is 6.07 Å². The monoisotopic (exact) mass is 348 g/mol. The van der Waals surface area contributed by atoms with E-state index in [0.29, 0.717) is 11.5 Å². The number of ether oxygens (including phenoxy) is 1. The van der Waals surface area contributed by atoms with Crippen LogP contribution in [0.4, 0.5) is 0 Å². The van der Waals surface area contributed by atoms with Gasteiger partial charge in [0.2, 0.25) is 0 Å². The summed E-state index contributed by atoms with van der Waals surface area (Å²) >= 11 is 1.55. The Morgan fingerprint density at radius 2 is 2.12 bits per heavy atom. The number of amides is 1. The van der Waals surface area contributed by atoms with Gasteiger partial charge in [0.05, 0.1) is 11.5 Å². The molecular formula is C19H28N2O2S. The molecule has 2 aliphatic heterocycles. The van der Waals surface area contributed by atoms with E-state index < -0.39 is 0 Å². The van der Waals surface area contributed by atoms with Crippen molar-refractivity contribution in [2.75, 3.05) is 39.9 Å². The van der Waals surface area contributed by atoms with Crippen molar-refractivity contribution in [1.82, 2.24) is 9.80 Å². The molecule has 132 valence electrons. The molecule has 0 aromatic carbocycles. The summed E-state index contributed by atoms with van der Waals surface area (Å²) in [5.41, 5.74) is 0.397. The van der Waals surface area contributed by atoms with E-state index in [0.717, 1.165) is 56.5 Å². The molecule has 1 atom stereocenters. The quantitative estimate of drug-likeness (QED) is 0.820. The van der Waals surface area contributed by atoms with Gasteiger partial charge in [0.25, 0.3) is 5.91 Å². The highest BCUT2D eigenvalue weighted by Crippen LogP contribution is 2.43. The molecular weight excluding hydrogens is 320 g/mol. The Bertz CT molecular complexity index is 562. The highest BCUT2D eigenvalue weighted by Gasteiger charge is 2.44. The van der Waals surface area contributed by atoms with Crippen LogP contribution in [-0.2, 0) is 4.74 Å². The van der Waals surface area contributed by atoms with Crippen molar-refractivity contribution >= 4 is 17.2 Å². The third kappa shape index (κ3) is 3.53. The average molecular weight is 349 g/mol. The van der Waals surface area contributed by atoms with Crippen molar-refractivity contribution < 1.29 is 9.53 Å². The molecule has 3 fully saturated rings. The molecule has 1 aromatic rings. The number of thiophene rings is 1. The Kier molecular flexibility index (Phi) is 4.67. The lowest BCUT2D eigenvalue weighted by atomic mass is 9.76. The van der Waals surface area contributed by atoms with Crippen molar-refractivity contribution in [3.05, 3.63) is 22.4 Å². The van der Waals surface area contributed by atoms with E-state index in [9.17, 15) is 4.79 Å². The van der Waals surface area contributed by atoms with E-state index in [-0.39, 0.29) is 5.91 Å². The molecule has 1 aliphatic carbocycles. The Hall–Kier alpha value is -0.910. The van der Waals surface area contributed by atoms with E-state index >= 15 is 0 Å². The van der Waals surface area contributed by atoms with Crippen LogP contribution in [0, 0.1) is 11.3 Å². The van der Waals surface area contributed by atoms with Gasteiger partial charge in [0, 0.05) is 32.3 Å². The molecule has 3 aliphatic rings. The fourth-order valence-corrected chi connectivity index (χ4v) is 5.01. The van der Waals surface area contributed by atoms with Crippen LogP contribution < -0.4 is 0 Å². The second kappa shape index (κ2) is 6.77. The van der Waals surface area contributed by atoms with Gasteiger partial charge >= 0.3 is 0 Å². The molecule has 3 heterocycles. The maximum Gasteiger partial charge on any atom is 0.263 e. The van der Waals surface area contributed by atoms with Crippen molar-refractivity contribution in [3.8, 4) is 0 Å². The number of carbonyl (C=O) groups excluding carboxylic acids is 1. The van der Waals surface area contributed by atoms with Crippen LogP contribution in [0.5, 0.6) is 0 Å². The minimum atomic E-state index is 0.218. The van der Waals surface area contributed by atoms with E-state index in [1.54, 1.807) is 11.3 Å². The molecule has 2 saturated heterocycles. The molecule has 0 radical (unpaired) electrons. The fraction of sp³-hybridized carbons (Fsp3) is 0.737. The number of likely N-dealkylation sites (N-methyl/N-ethyl adjacent to an activating group) is 1. The van der Waals surface area contributed by atoms with Gasteiger partial charge in [-0.15, -0.1) is 11.3 Å². The zero-order chi connectivity index (χ0) is 16.6. The fourth-order valence-electron chi connectivity index (χ4n) is 4.32. The molecule has 1 aromatic heterocycles. The molecule has 0 bridgehead atoms. The van der Waals surface area contributed by atoms with Crippen LogP contribution >= 0.6 is 11.3 Å². The SMILES string of the molecule is CN1CC2(CCN(C(=O)c3cccs3)CC2)C[C@H]1COCC1CC1. The van der Waals surface area contributed by atoms with Crippen LogP contribution in [0.2, 0.25) is 0 Å². The summed E-state index contributed by atoms with van der Waals surface area (Å²) in [5, 5.41) is 1.98. The highest BCUT2D eigenvalue weighted by atomic mass is 32.1.